The van der Waals surface area contributed by atoms with Gasteiger partial charge in [0.2, 0.25) is 11.9 Å². The number of anilines is 1. The Bertz CT molecular complexity index is 1390. The molecule has 3 aromatic heterocycles. The van der Waals surface area contributed by atoms with E-state index in [9.17, 15) is 9.59 Å². The molecule has 236 valence electrons. The number of ether oxygens (including phenoxy) is 1. The predicted molar refractivity (Wildman–Crippen MR) is 169 cm³/mol. The van der Waals surface area contributed by atoms with Gasteiger partial charge in [-0.3, -0.25) is 9.59 Å². The zero-order valence-electron chi connectivity index (χ0n) is 25.6. The Balaban J connectivity index is 1.76. The minimum Gasteiger partial charge on any atom is -0.364 e. The smallest absolute Gasteiger partial charge is 0.257 e. The lowest BCUT2D eigenvalue weighted by Crippen LogP contribution is -2.44. The number of alkyl halides is 2. The largest absolute Gasteiger partial charge is 0.364 e. The highest BCUT2D eigenvalue weighted by molar-refractivity contribution is 6.76. The van der Waals surface area contributed by atoms with Crippen molar-refractivity contribution < 1.29 is 23.2 Å². The third kappa shape index (κ3) is 9.85. The summed E-state index contributed by atoms with van der Waals surface area (Å²) < 4.78 is 28.0. The first-order valence-electron chi connectivity index (χ1n) is 14.5. The fraction of sp³-hybridized carbons (Fsp3) is 0.552. The summed E-state index contributed by atoms with van der Waals surface area (Å²) in [4.78, 5) is 29.6. The van der Waals surface area contributed by atoms with Crippen molar-refractivity contribution in [2.45, 2.75) is 96.2 Å². The number of carbonyl (C=O) groups excluding carboxylic acids is 2. The van der Waals surface area contributed by atoms with Crippen molar-refractivity contribution in [3.8, 4) is 11.1 Å². The Morgan fingerprint density at radius 1 is 1.16 bits per heavy atom. The molecule has 0 saturated carbocycles. The molecule has 2 amide bonds. The van der Waals surface area contributed by atoms with Gasteiger partial charge in [-0.15, -0.1) is 23.2 Å². The van der Waals surface area contributed by atoms with E-state index >= 15 is 4.39 Å². The lowest BCUT2D eigenvalue weighted by Gasteiger charge is -2.18. The normalized spacial score (nSPS) is 12.5. The summed E-state index contributed by atoms with van der Waals surface area (Å²) in [5.74, 6) is -1.81. The Hall–Kier alpha value is -2.80. The van der Waals surface area contributed by atoms with Crippen molar-refractivity contribution in [1.82, 2.24) is 25.2 Å². The van der Waals surface area contributed by atoms with E-state index in [1.807, 2.05) is 20.8 Å². The molecule has 3 rings (SSSR count). The van der Waals surface area contributed by atoms with Crippen LogP contribution in [-0.2, 0) is 29.1 Å². The van der Waals surface area contributed by atoms with Crippen molar-refractivity contribution in [3.05, 3.63) is 47.0 Å². The second-order valence-corrected chi connectivity index (χ2v) is 18.4. The van der Waals surface area contributed by atoms with Crippen molar-refractivity contribution in [1.29, 1.82) is 0 Å². The predicted octanol–water partition coefficient (Wildman–Crippen LogP) is 6.53. The number of pyridine rings is 1. The lowest BCUT2D eigenvalue weighted by atomic mass is 10.0. The molecule has 0 fully saturated rings. The van der Waals surface area contributed by atoms with Gasteiger partial charge in [0.05, 0.1) is 11.4 Å². The van der Waals surface area contributed by atoms with Crippen LogP contribution in [0.3, 0.4) is 0 Å². The van der Waals surface area contributed by atoms with Gasteiger partial charge < -0.3 is 19.9 Å². The number of aryl methyl sites for hydroxylation is 2. The van der Waals surface area contributed by atoms with Gasteiger partial charge in [0.1, 0.15) is 35.3 Å². The molecule has 2 N–H and O–H groups in total. The highest BCUT2D eigenvalue weighted by Gasteiger charge is 2.26. The van der Waals surface area contributed by atoms with E-state index in [2.05, 4.69) is 45.5 Å². The number of hydrogen-bond acceptors (Lipinski definition) is 7. The molecule has 0 aliphatic rings. The number of amides is 2. The lowest BCUT2D eigenvalue weighted by molar-refractivity contribution is -0.118. The van der Waals surface area contributed by atoms with Crippen molar-refractivity contribution in [3.63, 3.8) is 0 Å². The van der Waals surface area contributed by atoms with Crippen LogP contribution in [0.4, 0.5) is 10.2 Å². The van der Waals surface area contributed by atoms with Crippen molar-refractivity contribution >= 4 is 48.9 Å². The molecule has 0 aliphatic heterocycles. The number of hydrogen-bond donors (Lipinski definition) is 2. The van der Waals surface area contributed by atoms with Gasteiger partial charge in [-0.2, -0.15) is 9.49 Å². The number of nitrogens with zero attached hydrogens (tertiary/aromatic N) is 4. The van der Waals surface area contributed by atoms with Crippen LogP contribution in [0.25, 0.3) is 11.1 Å². The van der Waals surface area contributed by atoms with E-state index in [4.69, 9.17) is 32.5 Å². The molecule has 0 bridgehead atoms. The van der Waals surface area contributed by atoms with E-state index < -0.39 is 36.7 Å². The summed E-state index contributed by atoms with van der Waals surface area (Å²) in [5, 5.41) is 13.8. The summed E-state index contributed by atoms with van der Waals surface area (Å²) in [5.41, 5.74) is 3.14. The van der Waals surface area contributed by atoms with Crippen LogP contribution in [0.2, 0.25) is 25.7 Å². The molecular weight excluding hydrogens is 614 g/mol. The fourth-order valence-corrected chi connectivity index (χ4v) is 5.62. The van der Waals surface area contributed by atoms with Gasteiger partial charge in [0.25, 0.3) is 5.91 Å². The van der Waals surface area contributed by atoms with E-state index in [0.29, 0.717) is 49.2 Å². The van der Waals surface area contributed by atoms with Crippen LogP contribution >= 0.6 is 23.2 Å². The third-order valence-corrected chi connectivity index (χ3v) is 9.05. The minimum atomic E-state index is -1.22. The van der Waals surface area contributed by atoms with Crippen molar-refractivity contribution in [2.24, 2.45) is 0 Å². The topological polar surface area (TPSA) is 124 Å². The van der Waals surface area contributed by atoms with E-state index in [0.717, 1.165) is 11.7 Å². The Labute approximate surface area is 263 Å². The number of halogens is 3. The second-order valence-electron chi connectivity index (χ2n) is 11.5. The van der Waals surface area contributed by atoms with Crippen LogP contribution in [0.1, 0.15) is 60.5 Å². The monoisotopic (exact) mass is 654 g/mol. The molecule has 1 unspecified atom stereocenters. The van der Waals surface area contributed by atoms with Gasteiger partial charge in [0.15, 0.2) is 0 Å². The summed E-state index contributed by atoms with van der Waals surface area (Å²) in [6.07, 6.45) is 3.47. The van der Waals surface area contributed by atoms with Crippen LogP contribution < -0.4 is 10.6 Å². The second kappa shape index (κ2) is 15.8. The zero-order chi connectivity index (χ0) is 31.7. The molecule has 43 heavy (non-hydrogen) atoms. The SMILES string of the molecule is CCc1nocc1C(=O)NC(CCCC(Cl)Cl)C(=O)Nc1ccc(-c2c(C)nn(COCC[Si](C)(C)C)c2CC)c(F)n1. The standard InChI is InChI=1S/C29H41Cl2FN6O4Si/c1-7-21-20(16-42-37-21)28(39)33-22(10-9-11-24(30)31)29(40)35-25-13-12-19(27(32)34-25)26-18(3)36-38(23(26)8-2)17-41-14-15-43(4,5)6/h12-13,16,22,24H,7-11,14-15,17H2,1-6H3,(H,33,39)(H,34,35,40). The van der Waals surface area contributed by atoms with E-state index in [-0.39, 0.29) is 30.1 Å². The number of nitrogens with one attached hydrogen (secondary N) is 2. The van der Waals surface area contributed by atoms with E-state index in [1.54, 1.807) is 10.7 Å². The van der Waals surface area contributed by atoms with Gasteiger partial charge in [-0.1, -0.05) is 38.6 Å². The minimum absolute atomic E-state index is 0.00932. The average molecular weight is 656 g/mol. The summed E-state index contributed by atoms with van der Waals surface area (Å²) in [7, 11) is -1.22. The third-order valence-electron chi connectivity index (χ3n) is 6.91. The molecule has 10 nitrogen and oxygen atoms in total. The number of carbonyl (C=O) groups is 2. The van der Waals surface area contributed by atoms with Crippen LogP contribution in [0.5, 0.6) is 0 Å². The van der Waals surface area contributed by atoms with Gasteiger partial charge in [0, 0.05) is 31.5 Å². The molecule has 1 atom stereocenters. The summed E-state index contributed by atoms with van der Waals surface area (Å²) >= 11 is 11.7. The maximum absolute atomic E-state index is 15.5. The Kier molecular flexibility index (Phi) is 12.7. The van der Waals surface area contributed by atoms with E-state index in [1.165, 1.54) is 12.3 Å². The molecule has 14 heteroatoms. The molecule has 3 aromatic rings. The molecule has 0 spiro atoms. The summed E-state index contributed by atoms with van der Waals surface area (Å²) in [6.45, 7) is 13.4. The Morgan fingerprint density at radius 2 is 1.91 bits per heavy atom. The number of aromatic nitrogens is 4. The molecule has 0 saturated heterocycles. The first-order valence-corrected chi connectivity index (χ1v) is 19.1. The van der Waals surface area contributed by atoms with Crippen LogP contribution in [-0.4, -0.2) is 57.3 Å². The molecule has 3 heterocycles. The average Bonchev–Trinajstić information content (AvgIpc) is 3.53. The fourth-order valence-electron chi connectivity index (χ4n) is 4.56. The highest BCUT2D eigenvalue weighted by Crippen LogP contribution is 2.30. The zero-order valence-corrected chi connectivity index (χ0v) is 28.1. The molecule has 0 radical (unpaired) electrons. The summed E-state index contributed by atoms with van der Waals surface area (Å²) in [6, 6.07) is 3.18. The van der Waals surface area contributed by atoms with Gasteiger partial charge in [-0.05, 0) is 57.2 Å². The first kappa shape index (κ1) is 34.7. The maximum atomic E-state index is 15.5. The number of rotatable bonds is 16. The maximum Gasteiger partial charge on any atom is 0.257 e. The molecule has 0 aliphatic carbocycles. The first-order chi connectivity index (χ1) is 20.3. The Morgan fingerprint density at radius 3 is 2.53 bits per heavy atom. The highest BCUT2D eigenvalue weighted by atomic mass is 35.5. The van der Waals surface area contributed by atoms with Crippen LogP contribution in [0.15, 0.2) is 22.9 Å². The van der Waals surface area contributed by atoms with Crippen LogP contribution in [0, 0.1) is 12.9 Å². The van der Waals surface area contributed by atoms with Gasteiger partial charge in [-0.25, -0.2) is 9.67 Å². The van der Waals surface area contributed by atoms with Gasteiger partial charge >= 0.3 is 0 Å². The quantitative estimate of drug-likeness (QED) is 0.0779. The molecular formula is C29H41Cl2FN6O4Si. The molecule has 0 aromatic carbocycles. The van der Waals surface area contributed by atoms with Crippen molar-refractivity contribution in [2.75, 3.05) is 11.9 Å².